The summed E-state index contributed by atoms with van der Waals surface area (Å²) in [4.78, 5) is 69.8. The number of hydrogen-bond donors (Lipinski definition) is 7. The van der Waals surface area contributed by atoms with Gasteiger partial charge in [-0.1, -0.05) is 299 Å². The topological polar surface area (TPSA) is 261 Å². The van der Waals surface area contributed by atoms with Crippen LogP contribution >= 0.6 is 41.4 Å². The largest absolute Gasteiger partial charge is 0.557 e. The van der Waals surface area contributed by atoms with Gasteiger partial charge >= 0.3 is 0 Å². The van der Waals surface area contributed by atoms with Crippen LogP contribution in [0.1, 0.15) is 176 Å². The van der Waals surface area contributed by atoms with Crippen LogP contribution in [-0.4, -0.2) is 315 Å². The summed E-state index contributed by atoms with van der Waals surface area (Å²) in [5.74, 6) is 2.09. The summed E-state index contributed by atoms with van der Waals surface area (Å²) >= 11 is 2.54. The Hall–Kier alpha value is -3.28. The van der Waals surface area contributed by atoms with Crippen molar-refractivity contribution in [2.45, 2.75) is 162 Å². The summed E-state index contributed by atoms with van der Waals surface area (Å²) in [5, 5.41) is 60.2. The Balaban J connectivity index is 0.000000296. The number of piperidine rings is 6. The molecule has 2 unspecified atom stereocenters. The van der Waals surface area contributed by atoms with Crippen LogP contribution in [0.15, 0.2) is 243 Å². The summed E-state index contributed by atoms with van der Waals surface area (Å²) in [7, 11) is 11.5. The molecule has 8 aromatic rings. The number of carbonyl (C=O) groups excluding carboxylic acids is 5. The fourth-order valence-electron chi connectivity index (χ4n) is 20.7. The summed E-state index contributed by atoms with van der Waals surface area (Å²) < 4.78 is 13.7. The molecule has 7 N–H and O–H groups in total. The quantitative estimate of drug-likeness (QED) is 0.0153. The van der Waals surface area contributed by atoms with Gasteiger partial charge in [-0.2, -0.15) is 19.2 Å². The smallest absolute Gasteiger partial charge is 0.219 e. The number of methoxy groups -OCH3 is 2. The molecule has 4 amide bonds. The molecular weight excluding hydrogens is 2250 g/mol. The van der Waals surface area contributed by atoms with Gasteiger partial charge in [0.15, 0.2) is 0 Å². The van der Waals surface area contributed by atoms with Gasteiger partial charge in [-0.15, -0.1) is 0 Å². The maximum Gasteiger partial charge on any atom is 0.219 e. The molecule has 0 spiro atoms. The average molecular weight is 2410 g/mol. The van der Waals surface area contributed by atoms with E-state index in [4.69, 9.17) is 0 Å². The molecule has 12 saturated heterocycles. The number of likely N-dealkylation sites (tertiary alicyclic amines) is 8. The van der Waals surface area contributed by atoms with Crippen LogP contribution in [0.4, 0.5) is 0 Å². The second kappa shape index (κ2) is 65.3. The Labute approximate surface area is 975 Å². The van der Waals surface area contributed by atoms with E-state index in [-0.39, 0.29) is 183 Å². The maximum absolute atomic E-state index is 11.1. The number of Topliss-reactive ketones (excluding diaryl/α,β-unsaturated/α-hetero) is 1. The molecule has 24 nitrogen and oxygen atoms in total. The van der Waals surface area contributed by atoms with Crippen molar-refractivity contribution in [2.75, 3.05) is 178 Å². The van der Waals surface area contributed by atoms with Gasteiger partial charge in [0.25, 0.3) is 0 Å². The fraction of sp³-hybridized carbons (Fsp3) is 0.518. The molecule has 4 radical (unpaired) electrons. The SMILES string of the molecule is C.C.CC(=O)N1CC(C2(O)CCN([C-]=O)CC2)C1.CCOC.IC1CN(C(c2ccccc2)c2ccccc2)C1.O=C1CCN(P)CC1.O=[C-]N1CCC(O)(C2CN(C(c3ccccc3)c3ccccc3)C2)CC1.O=[C-]N1CCC(O)(C2CNC2)CC1.OC1(C2CN(C(c3ccccc3)c3ccccc3)C2)CCN(P)CC1.OC1(C2CN(C(c3ccccc3)c3ccccc3)C2)CCNCC1.[2HH].[CH2-]OC.[Y].[Y].[Y].[Y]. The number of aliphatic hydroxyl groups is 5. The molecule has 12 aliphatic rings. The van der Waals surface area contributed by atoms with Crippen LogP contribution < -0.4 is 10.6 Å². The van der Waals surface area contributed by atoms with E-state index in [1.54, 1.807) is 33.6 Å². The summed E-state index contributed by atoms with van der Waals surface area (Å²) in [6.45, 7) is 24.8. The molecule has 12 fully saturated rings. The Morgan fingerprint density at radius 1 is 0.385 bits per heavy atom. The van der Waals surface area contributed by atoms with Gasteiger partial charge in [0.2, 0.25) is 5.91 Å². The van der Waals surface area contributed by atoms with Gasteiger partial charge in [-0.05, 0) is 175 Å². The number of ketones is 1. The van der Waals surface area contributed by atoms with Crippen LogP contribution in [0.5, 0.6) is 0 Å². The number of hydrogen-bond acceptors (Lipinski definition) is 20. The first kappa shape index (κ1) is 128. The summed E-state index contributed by atoms with van der Waals surface area (Å²) in [5.41, 5.74) is 7.86. The zero-order chi connectivity index (χ0) is 97.2. The van der Waals surface area contributed by atoms with E-state index in [1.807, 2.05) is 38.3 Å². The summed E-state index contributed by atoms with van der Waals surface area (Å²) in [6.07, 6.45) is 14.6. The number of nitrogens with one attached hydrogen (secondary N) is 2. The zero-order valence-corrected chi connectivity index (χ0v) is 99.0. The van der Waals surface area contributed by atoms with Crippen LogP contribution in [0.3, 0.4) is 0 Å². The third kappa shape index (κ3) is 37.3. The molecule has 0 aliphatic carbocycles. The minimum Gasteiger partial charge on any atom is -0.557 e. The molecule has 12 heterocycles. The Morgan fingerprint density at radius 3 is 0.797 bits per heavy atom. The molecule has 2 atom stereocenters. The second-order valence-corrected chi connectivity index (χ2v) is 42.1. The third-order valence-electron chi connectivity index (χ3n) is 29.9. The van der Waals surface area contributed by atoms with E-state index in [0.717, 1.165) is 141 Å². The van der Waals surface area contributed by atoms with E-state index in [9.17, 15) is 49.5 Å². The Morgan fingerprint density at radius 2 is 0.594 bits per heavy atom. The Kier molecular flexibility index (Phi) is 58.6. The maximum atomic E-state index is 11.1. The standard InChI is InChI=1S/C22H25N2O2.C21H27N2OP.C21H26N2O.C16H16IN.C11H17N2O3.C9H15N2O2.C5H10NOP.C3H8O.C2H5O.2CH4.4Y.H2/c25-17-23-13-11-22(26,12-14-23)20-15-24(16-20)21(18-7-3-1-4-8-18)19-9-5-2-6-10-19;24-21(11-13-23(25)14-12-21)19-15-22(16-19)20(17-7-3-1-4-8-17)18-9-5-2-6-10-18;24-21(11-13-22-14-12-21)19-15-23(16-19)20(17-7-3-1-4-8-17)18-9-5-2-6-10-18;17-15-11-18(12-15)16(13-7-3-1-4-8-13)14-9-5-2-6-10-14;1-9(15)13-6-10(7-13)11(16)2-4-12(8-14)5-3-11;12-7-11-3-1-9(13,2-4-11)8-5-10-6-8;7-5-1-3-6(8)4-2-5;1-3-4-2;1-3-2;;;;;;;/h1-10,20-21,26H,11-16H2;1-10,19-20,24H,11-16,25H2;1-10,19-20,22,24H,11-16H2;1-10,15-16H,11-12H2;10,16H,2-7H2,1H3;8,10,13H,1-6H2;1-4,8H2;3H2,1-2H3;1H2,2H3;2*1H4;;;;;1H/q-1;;;;2*-1;;;-1;;;;;;;/i;;;;;;;;;;;;;;;1+1. The van der Waals surface area contributed by atoms with Gasteiger partial charge in [-0.3, -0.25) is 38.5 Å². The minimum atomic E-state index is -0.695. The van der Waals surface area contributed by atoms with Crippen molar-refractivity contribution in [3.63, 3.8) is 0 Å². The molecule has 143 heavy (non-hydrogen) atoms. The third-order valence-corrected chi connectivity index (χ3v) is 31.8. The van der Waals surface area contributed by atoms with Crippen LogP contribution in [0, 0.1) is 36.7 Å². The normalized spacial score (nSPS) is 20.4. The molecule has 12 aliphatic heterocycles. The van der Waals surface area contributed by atoms with Gasteiger partial charge < -0.3 is 79.6 Å². The monoisotopic (exact) mass is 2410 g/mol. The number of nitrogens with zero attached hydrogens (tertiary/aromatic N) is 10. The summed E-state index contributed by atoms with van der Waals surface area (Å²) in [6, 6.07) is 86.9. The van der Waals surface area contributed by atoms with E-state index < -0.39 is 28.0 Å². The van der Waals surface area contributed by atoms with E-state index in [1.165, 1.54) is 64.7 Å². The van der Waals surface area contributed by atoms with Crippen molar-refractivity contribution in [2.24, 2.45) is 29.6 Å². The van der Waals surface area contributed by atoms with Crippen LogP contribution in [0.25, 0.3) is 0 Å². The number of alkyl halides is 1. The number of benzene rings is 8. The first-order chi connectivity index (χ1) is 66.4. The molecule has 772 valence electrons. The van der Waals surface area contributed by atoms with Gasteiger partial charge in [0.05, 0.1) is 52.2 Å². The molecule has 0 aromatic heterocycles. The van der Waals surface area contributed by atoms with Gasteiger partial charge in [0, 0.05) is 304 Å². The number of ether oxygens (including phenoxy) is 2. The number of rotatable bonds is 21. The fourth-order valence-corrected chi connectivity index (χ4v) is 22.2. The van der Waals surface area contributed by atoms with Gasteiger partial charge in [-0.25, -0.2) is 7.11 Å². The number of amides is 4. The predicted molar refractivity (Wildman–Crippen MR) is 573 cm³/mol. The van der Waals surface area contributed by atoms with Crippen LogP contribution in [-0.2, 0) is 164 Å². The zero-order valence-electron chi connectivity index (χ0n) is 83.1. The first-order valence-electron chi connectivity index (χ1n) is 49.3. The number of carbonyl (C=O) groups is 2. The van der Waals surface area contributed by atoms with E-state index in [2.05, 4.69) is 328 Å². The average Bonchev–Trinajstić information content (AvgIpc) is 0.759. The molecule has 0 bridgehead atoms. The molecule has 8 aromatic carbocycles. The number of halogens is 1. The second-order valence-electron chi connectivity index (χ2n) is 38.9. The molecule has 20 rings (SSSR count). The minimum absolute atomic E-state index is 0. The van der Waals surface area contributed by atoms with Crippen molar-refractivity contribution >= 4 is 72.3 Å². The van der Waals surface area contributed by atoms with Crippen molar-refractivity contribution in [3.05, 3.63) is 294 Å². The first-order valence-corrected chi connectivity index (χ1v) is 51.6. The van der Waals surface area contributed by atoms with E-state index >= 15 is 0 Å². The van der Waals surface area contributed by atoms with Gasteiger partial charge in [0.1, 0.15) is 5.78 Å². The van der Waals surface area contributed by atoms with Crippen molar-refractivity contribution in [1.29, 1.82) is 0 Å². The van der Waals surface area contributed by atoms with Crippen molar-refractivity contribution in [1.82, 2.24) is 59.2 Å². The molecule has 0 saturated carbocycles. The van der Waals surface area contributed by atoms with Crippen molar-refractivity contribution in [3.8, 4) is 0 Å². The molecular formula is C112H159IN12O12P2Y4-4. The van der Waals surface area contributed by atoms with Crippen molar-refractivity contribution < 1.29 is 191 Å². The van der Waals surface area contributed by atoms with Crippen LogP contribution in [0.2, 0.25) is 0 Å². The Bertz CT molecular complexity index is 4660. The molecule has 31 heteroatoms. The van der Waals surface area contributed by atoms with E-state index in [0.29, 0.717) is 120 Å². The predicted octanol–water partition coefficient (Wildman–Crippen LogP) is 14.1.